The van der Waals surface area contributed by atoms with Gasteiger partial charge in [0.2, 0.25) is 10.0 Å². The van der Waals surface area contributed by atoms with Crippen LogP contribution in [0.3, 0.4) is 0 Å². The molecule has 0 aliphatic carbocycles. The first-order valence-electron chi connectivity index (χ1n) is 8.97. The first kappa shape index (κ1) is 22.0. The number of nitrogens with zero attached hydrogens (tertiary/aromatic N) is 3. The summed E-state index contributed by atoms with van der Waals surface area (Å²) in [4.78, 5) is 15.8. The third-order valence-corrected chi connectivity index (χ3v) is 5.98. The van der Waals surface area contributed by atoms with Crippen molar-refractivity contribution < 1.29 is 26.9 Å². The van der Waals surface area contributed by atoms with Crippen LogP contribution in [-0.2, 0) is 27.8 Å². The largest absolute Gasteiger partial charge is 0.452 e. The number of ether oxygens (including phenoxy) is 1. The number of aromatic nitrogens is 2. The first-order valence-corrected chi connectivity index (χ1v) is 10.4. The molecule has 0 bridgehead atoms. The molecule has 28 heavy (non-hydrogen) atoms. The molecule has 1 aromatic carbocycles. The van der Waals surface area contributed by atoms with E-state index in [2.05, 4.69) is 10.1 Å². The van der Waals surface area contributed by atoms with E-state index in [9.17, 15) is 17.6 Å². The molecular weight excluding hydrogens is 389 g/mol. The Balaban J connectivity index is 2.15. The fourth-order valence-electron chi connectivity index (χ4n) is 2.54. The van der Waals surface area contributed by atoms with Gasteiger partial charge in [-0.15, -0.1) is 0 Å². The van der Waals surface area contributed by atoms with Crippen molar-refractivity contribution in [3.05, 3.63) is 41.3 Å². The number of hydrogen-bond acceptors (Lipinski definition) is 7. The average Bonchev–Trinajstić information content (AvgIpc) is 3.07. The molecule has 1 aromatic heterocycles. The Hall–Kier alpha value is -2.33. The van der Waals surface area contributed by atoms with Gasteiger partial charge in [0.1, 0.15) is 10.7 Å². The van der Waals surface area contributed by atoms with Crippen molar-refractivity contribution in [1.82, 2.24) is 14.4 Å². The number of carbonyl (C=O) groups is 1. The third kappa shape index (κ3) is 5.14. The summed E-state index contributed by atoms with van der Waals surface area (Å²) >= 11 is 0. The van der Waals surface area contributed by atoms with Crippen LogP contribution in [0.1, 0.15) is 49.8 Å². The molecule has 10 heteroatoms. The highest BCUT2D eigenvalue weighted by atomic mass is 32.2. The van der Waals surface area contributed by atoms with Crippen molar-refractivity contribution in [2.45, 2.75) is 45.6 Å². The second-order valence-corrected chi connectivity index (χ2v) is 8.42. The van der Waals surface area contributed by atoms with E-state index < -0.39 is 26.7 Å². The molecule has 0 aliphatic heterocycles. The number of sulfonamides is 1. The van der Waals surface area contributed by atoms with Gasteiger partial charge < -0.3 is 9.26 Å². The van der Waals surface area contributed by atoms with Crippen LogP contribution in [0.4, 0.5) is 4.39 Å². The van der Waals surface area contributed by atoms with Crippen molar-refractivity contribution in [2.24, 2.45) is 5.92 Å². The van der Waals surface area contributed by atoms with Crippen molar-refractivity contribution >= 4 is 16.0 Å². The predicted molar refractivity (Wildman–Crippen MR) is 98.5 cm³/mol. The highest BCUT2D eigenvalue weighted by Gasteiger charge is 2.26. The first-order chi connectivity index (χ1) is 13.2. The van der Waals surface area contributed by atoms with Crippen molar-refractivity contribution in [3.8, 4) is 0 Å². The molecule has 0 atom stereocenters. The van der Waals surface area contributed by atoms with Gasteiger partial charge in [-0.2, -0.15) is 9.29 Å². The second-order valence-electron chi connectivity index (χ2n) is 6.51. The summed E-state index contributed by atoms with van der Waals surface area (Å²) in [6.07, 6.45) is 0.627. The lowest BCUT2D eigenvalue weighted by molar-refractivity contribution is 0.0429. The molecule has 8 nitrogen and oxygen atoms in total. The van der Waals surface area contributed by atoms with E-state index in [1.54, 1.807) is 13.8 Å². The van der Waals surface area contributed by atoms with Gasteiger partial charge in [-0.05, 0) is 24.1 Å². The van der Waals surface area contributed by atoms with E-state index in [4.69, 9.17) is 9.26 Å². The summed E-state index contributed by atoms with van der Waals surface area (Å²) in [7, 11) is -4.05. The molecule has 2 rings (SSSR count). The number of esters is 1. The molecule has 0 spiro atoms. The molecule has 0 saturated heterocycles. The second kappa shape index (κ2) is 9.24. The standard InChI is InChI=1S/C18H24FN3O5S/c1-5-22(6-2)28(24,25)15-10-13(7-8-14(15)19)18(23)26-11-17-20-16(21-27-17)9-12(3)4/h7-8,10,12H,5-6,9,11H2,1-4H3. The molecule has 0 fully saturated rings. The Kier molecular flexibility index (Phi) is 7.25. The number of rotatable bonds is 9. The lowest BCUT2D eigenvalue weighted by Crippen LogP contribution is -2.31. The molecule has 154 valence electrons. The number of halogens is 1. The summed E-state index contributed by atoms with van der Waals surface area (Å²) in [5, 5.41) is 3.79. The normalized spacial score (nSPS) is 12.0. The minimum Gasteiger partial charge on any atom is -0.452 e. The molecule has 0 unspecified atom stereocenters. The van der Waals surface area contributed by atoms with Crippen LogP contribution >= 0.6 is 0 Å². The number of hydrogen-bond donors (Lipinski definition) is 0. The smallest absolute Gasteiger partial charge is 0.338 e. The quantitative estimate of drug-likeness (QED) is 0.582. The van der Waals surface area contributed by atoms with Crippen LogP contribution in [0.25, 0.3) is 0 Å². The molecule has 0 amide bonds. The van der Waals surface area contributed by atoms with Crippen molar-refractivity contribution in [3.63, 3.8) is 0 Å². The Morgan fingerprint density at radius 3 is 2.57 bits per heavy atom. The van der Waals surface area contributed by atoms with Gasteiger partial charge in [-0.1, -0.05) is 32.9 Å². The Bertz CT molecular complexity index is 923. The maximum Gasteiger partial charge on any atom is 0.338 e. The molecule has 1 heterocycles. The molecule has 0 N–H and O–H groups in total. The fraction of sp³-hybridized carbons (Fsp3) is 0.500. The topological polar surface area (TPSA) is 103 Å². The van der Waals surface area contributed by atoms with Gasteiger partial charge in [0.05, 0.1) is 5.56 Å². The molecular formula is C18H24FN3O5S. The maximum absolute atomic E-state index is 14.1. The highest BCUT2D eigenvalue weighted by molar-refractivity contribution is 7.89. The molecule has 0 aliphatic rings. The zero-order valence-corrected chi connectivity index (χ0v) is 17.1. The van der Waals surface area contributed by atoms with E-state index in [-0.39, 0.29) is 31.2 Å². The van der Waals surface area contributed by atoms with E-state index >= 15 is 0 Å². The van der Waals surface area contributed by atoms with Crippen LogP contribution in [0.15, 0.2) is 27.6 Å². The van der Waals surface area contributed by atoms with Crippen LogP contribution < -0.4 is 0 Å². The minimum atomic E-state index is -4.05. The third-order valence-electron chi connectivity index (χ3n) is 3.92. The van der Waals surface area contributed by atoms with Crippen LogP contribution in [0.2, 0.25) is 0 Å². The van der Waals surface area contributed by atoms with Gasteiger partial charge in [-0.25, -0.2) is 17.6 Å². The van der Waals surface area contributed by atoms with Gasteiger partial charge in [0.25, 0.3) is 5.89 Å². The Morgan fingerprint density at radius 1 is 1.29 bits per heavy atom. The summed E-state index contributed by atoms with van der Waals surface area (Å²) in [5.74, 6) is -0.769. The lowest BCUT2D eigenvalue weighted by atomic mass is 10.1. The zero-order valence-electron chi connectivity index (χ0n) is 16.3. The summed E-state index contributed by atoms with van der Waals surface area (Å²) in [6.45, 7) is 7.41. The van der Waals surface area contributed by atoms with Crippen LogP contribution in [-0.4, -0.2) is 41.9 Å². The number of carbonyl (C=O) groups excluding carboxylic acids is 1. The van der Waals surface area contributed by atoms with E-state index in [1.165, 1.54) is 0 Å². The summed E-state index contributed by atoms with van der Waals surface area (Å²) < 4.78 is 50.5. The van der Waals surface area contributed by atoms with Crippen LogP contribution in [0, 0.1) is 11.7 Å². The molecule has 0 saturated carbocycles. The number of benzene rings is 1. The van der Waals surface area contributed by atoms with Crippen molar-refractivity contribution in [2.75, 3.05) is 13.1 Å². The Labute approximate surface area is 163 Å². The zero-order chi connectivity index (χ0) is 20.9. The fourth-order valence-corrected chi connectivity index (χ4v) is 4.09. The summed E-state index contributed by atoms with van der Waals surface area (Å²) in [5.41, 5.74) is -0.0888. The lowest BCUT2D eigenvalue weighted by Gasteiger charge is -2.19. The van der Waals surface area contributed by atoms with Gasteiger partial charge >= 0.3 is 5.97 Å². The van der Waals surface area contributed by atoms with Gasteiger partial charge in [0.15, 0.2) is 12.4 Å². The van der Waals surface area contributed by atoms with E-state index in [0.717, 1.165) is 22.5 Å². The SMILES string of the molecule is CCN(CC)S(=O)(=O)c1cc(C(=O)OCc2nc(CC(C)C)no2)ccc1F. The Morgan fingerprint density at radius 2 is 1.96 bits per heavy atom. The summed E-state index contributed by atoms with van der Waals surface area (Å²) in [6, 6.07) is 3.07. The monoisotopic (exact) mass is 413 g/mol. The van der Waals surface area contributed by atoms with Gasteiger partial charge in [0, 0.05) is 19.5 Å². The minimum absolute atomic E-state index is 0.0888. The predicted octanol–water partition coefficient (Wildman–Crippen LogP) is 2.79. The van der Waals surface area contributed by atoms with Gasteiger partial charge in [-0.3, -0.25) is 0 Å². The molecule has 2 aromatic rings. The van der Waals surface area contributed by atoms with E-state index in [1.807, 2.05) is 13.8 Å². The maximum atomic E-state index is 14.1. The van der Waals surface area contributed by atoms with Crippen molar-refractivity contribution in [1.29, 1.82) is 0 Å². The highest BCUT2D eigenvalue weighted by Crippen LogP contribution is 2.21. The van der Waals surface area contributed by atoms with E-state index in [0.29, 0.717) is 18.2 Å². The average molecular weight is 413 g/mol. The molecule has 0 radical (unpaired) electrons. The van der Waals surface area contributed by atoms with Crippen LogP contribution in [0.5, 0.6) is 0 Å².